The summed E-state index contributed by atoms with van der Waals surface area (Å²) in [5.74, 6) is 2.27. The van der Waals surface area contributed by atoms with Crippen LogP contribution in [0.25, 0.3) is 22.0 Å². The lowest BCUT2D eigenvalue weighted by Gasteiger charge is -2.34. The molecular formula is C47H62N8O3. The molecule has 58 heavy (non-hydrogen) atoms. The van der Waals surface area contributed by atoms with E-state index in [1.54, 1.807) is 0 Å². The van der Waals surface area contributed by atoms with Gasteiger partial charge in [0.15, 0.2) is 0 Å². The van der Waals surface area contributed by atoms with Crippen molar-refractivity contribution in [1.29, 1.82) is 0 Å². The Hall–Kier alpha value is -5.52. The van der Waals surface area contributed by atoms with E-state index in [1.165, 1.54) is 56.3 Å². The third-order valence-electron chi connectivity index (χ3n) is 12.7. The monoisotopic (exact) mass is 786 g/mol. The first-order valence-electron chi connectivity index (χ1n) is 21.2. The number of nitrogens with one attached hydrogen (secondary N) is 4. The van der Waals surface area contributed by atoms with Gasteiger partial charge < -0.3 is 30.5 Å². The van der Waals surface area contributed by atoms with Crippen LogP contribution in [-0.2, 0) is 9.59 Å². The van der Waals surface area contributed by atoms with Crippen molar-refractivity contribution in [1.82, 2.24) is 25.1 Å². The molecule has 4 N–H and O–H groups in total. The lowest BCUT2D eigenvalue weighted by molar-refractivity contribution is -0.133. The Morgan fingerprint density at radius 2 is 1.47 bits per heavy atom. The Morgan fingerprint density at radius 1 is 0.810 bits per heavy atom. The molecule has 5 aromatic rings. The van der Waals surface area contributed by atoms with Crippen LogP contribution < -0.4 is 26.0 Å². The number of amides is 2. The zero-order valence-electron chi connectivity index (χ0n) is 33.4. The number of carbonyl (C=O) groups excluding carboxylic acids is 2. The van der Waals surface area contributed by atoms with Gasteiger partial charge in [0, 0.05) is 47.2 Å². The minimum Gasteiger partial charge on any atom is -0.474 e. The summed E-state index contributed by atoms with van der Waals surface area (Å²) in [4.78, 5) is 38.4. The molecule has 11 heteroatoms. The molecule has 1 atom stereocenters. The number of ether oxygens (including phenoxy) is 1. The Balaban J connectivity index is 0.00000181. The van der Waals surface area contributed by atoms with Crippen LogP contribution in [0.4, 0.5) is 22.9 Å². The number of rotatable bonds is 11. The van der Waals surface area contributed by atoms with Gasteiger partial charge in [-0.3, -0.25) is 14.9 Å². The molecular weight excluding hydrogens is 725 g/mol. The Bertz CT molecular complexity index is 2270. The van der Waals surface area contributed by atoms with E-state index in [1.807, 2.05) is 12.3 Å². The second-order valence-corrected chi connectivity index (χ2v) is 16.5. The van der Waals surface area contributed by atoms with Gasteiger partial charge in [-0.2, -0.15) is 0 Å². The number of anilines is 4. The molecule has 3 aromatic carbocycles. The van der Waals surface area contributed by atoms with Crippen molar-refractivity contribution < 1.29 is 20.0 Å². The molecule has 4 aliphatic heterocycles. The summed E-state index contributed by atoms with van der Waals surface area (Å²) >= 11 is 0. The molecule has 9 rings (SSSR count). The van der Waals surface area contributed by atoms with Crippen LogP contribution in [-0.4, -0.2) is 90.0 Å². The molecule has 1 unspecified atom stereocenters. The van der Waals surface area contributed by atoms with Gasteiger partial charge in [-0.05, 0) is 161 Å². The largest absolute Gasteiger partial charge is 0.474 e. The van der Waals surface area contributed by atoms with Gasteiger partial charge >= 0.3 is 0 Å². The summed E-state index contributed by atoms with van der Waals surface area (Å²) < 4.78 is 5.73. The van der Waals surface area contributed by atoms with Gasteiger partial charge in [-0.25, -0.2) is 9.97 Å². The molecule has 0 spiro atoms. The zero-order valence-corrected chi connectivity index (χ0v) is 33.4. The number of carbonyl (C=O) groups is 2. The van der Waals surface area contributed by atoms with Crippen molar-refractivity contribution in [3.8, 4) is 17.0 Å². The highest BCUT2D eigenvalue weighted by Gasteiger charge is 2.27. The second-order valence-electron chi connectivity index (χ2n) is 16.5. The van der Waals surface area contributed by atoms with Gasteiger partial charge in [-0.1, -0.05) is 36.4 Å². The normalized spacial score (nSPS) is 19.6. The van der Waals surface area contributed by atoms with Gasteiger partial charge in [0.25, 0.3) is 0 Å². The van der Waals surface area contributed by atoms with Crippen molar-refractivity contribution in [2.75, 3.05) is 68.4 Å². The molecule has 6 heterocycles. The fraction of sp³-hybridized carbons (Fsp3) is 0.404. The van der Waals surface area contributed by atoms with E-state index in [4.69, 9.17) is 9.72 Å². The number of hydrogen-bond donors (Lipinski definition) is 4. The van der Waals surface area contributed by atoms with Crippen LogP contribution >= 0.6 is 0 Å². The molecule has 0 saturated carbocycles. The Kier molecular flexibility index (Phi) is 11.2. The summed E-state index contributed by atoms with van der Waals surface area (Å²) in [6.07, 6.45) is 8.82. The number of benzene rings is 3. The number of hydrogen-bond acceptors (Lipinski definition) is 10. The topological polar surface area (TPSA) is 124 Å². The minimum atomic E-state index is -0.347. The molecule has 308 valence electrons. The third-order valence-corrected chi connectivity index (χ3v) is 12.7. The number of pyridine rings is 2. The van der Waals surface area contributed by atoms with Gasteiger partial charge in [-0.15, -0.1) is 0 Å². The molecule has 4 aliphatic rings. The van der Waals surface area contributed by atoms with Crippen LogP contribution in [0.15, 0.2) is 85.1 Å². The highest BCUT2D eigenvalue weighted by molar-refractivity contribution is 6.01. The fourth-order valence-corrected chi connectivity index (χ4v) is 9.23. The third kappa shape index (κ3) is 8.66. The summed E-state index contributed by atoms with van der Waals surface area (Å²) in [7, 11) is 0. The average Bonchev–Trinajstić information content (AvgIpc) is 3.26. The molecule has 2 aromatic heterocycles. The highest BCUT2D eigenvalue weighted by Crippen LogP contribution is 2.37. The van der Waals surface area contributed by atoms with Crippen molar-refractivity contribution in [3.63, 3.8) is 0 Å². The van der Waals surface area contributed by atoms with Crippen molar-refractivity contribution in [2.24, 2.45) is 0 Å². The quantitative estimate of drug-likeness (QED) is 0.0967. The smallest absolute Gasteiger partial charge is 0.249 e. The Morgan fingerprint density at radius 3 is 2.14 bits per heavy atom. The lowest BCUT2D eigenvalue weighted by Crippen LogP contribution is -2.47. The van der Waals surface area contributed by atoms with Crippen LogP contribution in [0, 0.1) is 6.92 Å². The predicted molar refractivity (Wildman–Crippen MR) is 240 cm³/mol. The number of likely N-dealkylation sites (tertiary alicyclic amines) is 2. The molecule has 3 saturated heterocycles. The number of fused-ring (bicyclic) bond motifs is 2. The summed E-state index contributed by atoms with van der Waals surface area (Å²) in [5.41, 5.74) is 10.0. The number of aromatic nitrogens is 2. The maximum atomic E-state index is 12.1. The van der Waals surface area contributed by atoms with E-state index in [9.17, 15) is 9.59 Å². The first-order chi connectivity index (χ1) is 28.4. The lowest BCUT2D eigenvalue weighted by atomic mass is 9.89. The van der Waals surface area contributed by atoms with E-state index < -0.39 is 0 Å². The summed E-state index contributed by atoms with van der Waals surface area (Å²) in [6, 6.07) is 27.8. The van der Waals surface area contributed by atoms with Crippen molar-refractivity contribution >= 4 is 45.6 Å². The number of imide groups is 1. The second kappa shape index (κ2) is 17.1. The van der Waals surface area contributed by atoms with E-state index in [0.29, 0.717) is 37.2 Å². The van der Waals surface area contributed by atoms with E-state index in [2.05, 4.69) is 116 Å². The first-order valence-corrected chi connectivity index (χ1v) is 21.2. The van der Waals surface area contributed by atoms with Gasteiger partial charge in [0.1, 0.15) is 24.2 Å². The van der Waals surface area contributed by atoms with Gasteiger partial charge in [0.05, 0.1) is 5.52 Å². The SMILES string of the molecule is Cc1c(-c2ccc3ccc(Nc4ccc(C5CCN(CCCN6CCC(c7ccc(NC8CCC(=O)NC8=O)cc7)CC6)CC5)cc4)nc3c2)cnc2c1NCCO2.[HH].[HH].[HH].[HH]. The van der Waals surface area contributed by atoms with Crippen LogP contribution in [0.1, 0.15) is 79.2 Å². The predicted octanol–water partition coefficient (Wildman–Crippen LogP) is 8.80. The minimum absolute atomic E-state index is 0. The standard InChI is InChI=1S/C47H54N8O3.4H2/c1-31-40(30-49-47-45(31)48-21-28-58-47)37-4-3-36-9-15-43(52-42(36)29-37)51-39-12-7-33(8-13-39)35-19-26-55(27-20-35)23-2-22-54-24-17-34(18-25-54)32-5-10-38(11-6-32)50-41-14-16-44(56)53-46(41)57;;;;/h3-13,15,29-30,34-35,41,48,50H,2,14,16-28H2,1H3,(H,51,52)(H,53,56,57);4*1H. The van der Waals surface area contributed by atoms with Crippen LogP contribution in [0.5, 0.6) is 5.88 Å². The highest BCUT2D eigenvalue weighted by atomic mass is 16.5. The fourth-order valence-electron chi connectivity index (χ4n) is 9.23. The summed E-state index contributed by atoms with van der Waals surface area (Å²) in [6.45, 7) is 10.5. The molecule has 3 fully saturated rings. The molecule has 11 nitrogen and oxygen atoms in total. The van der Waals surface area contributed by atoms with Crippen LogP contribution in [0.2, 0.25) is 0 Å². The Labute approximate surface area is 346 Å². The van der Waals surface area contributed by atoms with Crippen molar-refractivity contribution in [3.05, 3.63) is 102 Å². The number of nitrogens with zero attached hydrogens (tertiary/aromatic N) is 4. The van der Waals surface area contributed by atoms with E-state index in [-0.39, 0.29) is 23.6 Å². The van der Waals surface area contributed by atoms with E-state index >= 15 is 0 Å². The van der Waals surface area contributed by atoms with Crippen LogP contribution in [0.3, 0.4) is 0 Å². The molecule has 2 amide bonds. The van der Waals surface area contributed by atoms with E-state index in [0.717, 1.165) is 83.2 Å². The number of piperidine rings is 3. The zero-order chi connectivity index (χ0) is 39.4. The van der Waals surface area contributed by atoms with Crippen molar-refractivity contribution in [2.45, 2.75) is 69.7 Å². The molecule has 0 bridgehead atoms. The maximum Gasteiger partial charge on any atom is 0.249 e. The van der Waals surface area contributed by atoms with Gasteiger partial charge in [0.2, 0.25) is 17.7 Å². The maximum absolute atomic E-state index is 12.1. The molecule has 0 radical (unpaired) electrons. The summed E-state index contributed by atoms with van der Waals surface area (Å²) in [5, 5.41) is 13.8. The molecule has 0 aliphatic carbocycles. The average molecular weight is 787 g/mol. The first kappa shape index (κ1) is 38.0.